The minimum atomic E-state index is -4.60. The second-order valence-electron chi connectivity index (χ2n) is 6.31. The van der Waals surface area contributed by atoms with Crippen molar-refractivity contribution < 1.29 is 22.8 Å². The fourth-order valence-electron chi connectivity index (χ4n) is 2.25. The monoisotopic (exact) mass is 368 g/mol. The number of rotatable bonds is 4. The highest BCUT2D eigenvalue weighted by Gasteiger charge is 2.34. The van der Waals surface area contributed by atoms with E-state index in [9.17, 15) is 22.8 Å². The molecule has 0 unspecified atom stereocenters. The molecule has 0 aliphatic carbocycles. The van der Waals surface area contributed by atoms with Crippen LogP contribution in [0.4, 0.5) is 18.9 Å². The van der Waals surface area contributed by atoms with Gasteiger partial charge in [0, 0.05) is 13.2 Å². The molecule has 9 heteroatoms. The molecule has 0 spiro atoms. The second kappa shape index (κ2) is 6.81. The van der Waals surface area contributed by atoms with Crippen molar-refractivity contribution in [3.8, 4) is 0 Å². The molecule has 140 valence electrons. The Morgan fingerprint density at radius 1 is 1.19 bits per heavy atom. The van der Waals surface area contributed by atoms with E-state index in [4.69, 9.17) is 0 Å². The largest absolute Gasteiger partial charge is 0.416 e. The highest BCUT2D eigenvalue weighted by atomic mass is 19.4. The van der Waals surface area contributed by atoms with Gasteiger partial charge in [-0.3, -0.25) is 14.3 Å². The van der Waals surface area contributed by atoms with Gasteiger partial charge in [0.15, 0.2) is 0 Å². The average molecular weight is 368 g/mol. The maximum Gasteiger partial charge on any atom is 0.416 e. The summed E-state index contributed by atoms with van der Waals surface area (Å²) in [4.78, 5) is 24.6. The molecule has 2 amide bonds. The van der Waals surface area contributed by atoms with Crippen LogP contribution in [0, 0.1) is 6.92 Å². The van der Waals surface area contributed by atoms with Gasteiger partial charge in [0.05, 0.1) is 23.0 Å². The lowest BCUT2D eigenvalue weighted by molar-refractivity contribution is -0.137. The van der Waals surface area contributed by atoms with E-state index in [0.29, 0.717) is 6.07 Å². The summed E-state index contributed by atoms with van der Waals surface area (Å²) >= 11 is 0. The number of hydrogen-bond acceptors (Lipinski definition) is 3. The maximum absolute atomic E-state index is 12.9. The number of anilines is 1. The maximum atomic E-state index is 12.9. The fraction of sp³-hybridized carbons (Fsp3) is 0.353. The number of halogens is 3. The summed E-state index contributed by atoms with van der Waals surface area (Å²) in [6.45, 7) is 5.04. The Labute approximate surface area is 148 Å². The minimum absolute atomic E-state index is 0.0145. The standard InChI is InChI=1S/C17H19F3N4O2/c1-10-8-22-24(9-10)16(2,3)15(26)23-13-6-5-11(17(18,19)20)7-12(13)14(25)21-4/h5-9H,1-4H3,(H,21,25)(H,23,26). The van der Waals surface area contributed by atoms with Gasteiger partial charge in [0.1, 0.15) is 5.54 Å². The molecule has 6 nitrogen and oxygen atoms in total. The molecule has 2 rings (SSSR count). The van der Waals surface area contributed by atoms with Gasteiger partial charge in [0.2, 0.25) is 0 Å². The zero-order chi connectivity index (χ0) is 19.7. The molecular weight excluding hydrogens is 349 g/mol. The minimum Gasteiger partial charge on any atom is -0.355 e. The van der Waals surface area contributed by atoms with Crippen molar-refractivity contribution in [1.82, 2.24) is 15.1 Å². The van der Waals surface area contributed by atoms with E-state index in [-0.39, 0.29) is 11.3 Å². The van der Waals surface area contributed by atoms with Crippen molar-refractivity contribution in [3.63, 3.8) is 0 Å². The molecule has 0 saturated heterocycles. The Bertz CT molecular complexity index is 841. The third kappa shape index (κ3) is 3.87. The lowest BCUT2D eigenvalue weighted by atomic mass is 10.0. The number of aromatic nitrogens is 2. The number of alkyl halides is 3. The van der Waals surface area contributed by atoms with Crippen molar-refractivity contribution in [3.05, 3.63) is 47.3 Å². The van der Waals surface area contributed by atoms with Crippen molar-refractivity contribution in [2.75, 3.05) is 12.4 Å². The molecule has 1 aromatic carbocycles. The van der Waals surface area contributed by atoms with E-state index in [1.807, 2.05) is 6.92 Å². The Hall–Kier alpha value is -2.84. The third-order valence-corrected chi connectivity index (χ3v) is 3.91. The summed E-state index contributed by atoms with van der Waals surface area (Å²) in [6, 6.07) is 2.59. The summed E-state index contributed by atoms with van der Waals surface area (Å²) in [7, 11) is 1.30. The number of nitrogens with one attached hydrogen (secondary N) is 2. The highest BCUT2D eigenvalue weighted by molar-refractivity contribution is 6.05. The van der Waals surface area contributed by atoms with Gasteiger partial charge in [-0.25, -0.2) is 0 Å². The number of hydrogen-bond donors (Lipinski definition) is 2. The van der Waals surface area contributed by atoms with Crippen LogP contribution in [0.15, 0.2) is 30.6 Å². The van der Waals surface area contributed by atoms with Crippen LogP contribution >= 0.6 is 0 Å². The molecule has 0 saturated carbocycles. The number of carbonyl (C=O) groups is 2. The van der Waals surface area contributed by atoms with E-state index >= 15 is 0 Å². The van der Waals surface area contributed by atoms with Crippen LogP contribution in [0.2, 0.25) is 0 Å². The summed E-state index contributed by atoms with van der Waals surface area (Å²) in [5.74, 6) is -1.26. The summed E-state index contributed by atoms with van der Waals surface area (Å²) in [5, 5.41) is 8.89. The van der Waals surface area contributed by atoms with E-state index < -0.39 is 29.1 Å². The normalized spacial score (nSPS) is 12.0. The molecular formula is C17H19F3N4O2. The Balaban J connectivity index is 2.39. The van der Waals surface area contributed by atoms with E-state index in [1.165, 1.54) is 11.7 Å². The first-order valence-corrected chi connectivity index (χ1v) is 7.73. The van der Waals surface area contributed by atoms with Gasteiger partial charge in [-0.1, -0.05) is 0 Å². The van der Waals surface area contributed by atoms with Gasteiger partial charge in [-0.05, 0) is 44.5 Å². The number of benzene rings is 1. The fourth-order valence-corrected chi connectivity index (χ4v) is 2.25. The molecule has 0 atom stereocenters. The number of carbonyl (C=O) groups excluding carboxylic acids is 2. The zero-order valence-electron chi connectivity index (χ0n) is 14.7. The predicted octanol–water partition coefficient (Wildman–Crippen LogP) is 2.94. The summed E-state index contributed by atoms with van der Waals surface area (Å²) in [6.07, 6.45) is -1.34. The molecule has 1 heterocycles. The molecule has 0 aliphatic rings. The van der Waals surface area contributed by atoms with Gasteiger partial charge >= 0.3 is 6.18 Å². The Kier molecular flexibility index (Phi) is 5.11. The van der Waals surface area contributed by atoms with Gasteiger partial charge in [-0.2, -0.15) is 18.3 Å². The highest BCUT2D eigenvalue weighted by Crippen LogP contribution is 2.32. The van der Waals surface area contributed by atoms with Crippen LogP contribution in [-0.4, -0.2) is 28.6 Å². The molecule has 0 aliphatic heterocycles. The van der Waals surface area contributed by atoms with Crippen molar-refractivity contribution in [1.29, 1.82) is 0 Å². The van der Waals surface area contributed by atoms with Gasteiger partial charge < -0.3 is 10.6 Å². The quantitative estimate of drug-likeness (QED) is 0.871. The lowest BCUT2D eigenvalue weighted by Gasteiger charge is -2.25. The van der Waals surface area contributed by atoms with Crippen LogP contribution < -0.4 is 10.6 Å². The van der Waals surface area contributed by atoms with Crippen LogP contribution in [0.3, 0.4) is 0 Å². The Morgan fingerprint density at radius 2 is 1.85 bits per heavy atom. The molecule has 1 aromatic heterocycles. The van der Waals surface area contributed by atoms with Gasteiger partial charge in [-0.15, -0.1) is 0 Å². The van der Waals surface area contributed by atoms with Crippen molar-refractivity contribution in [2.24, 2.45) is 0 Å². The molecule has 2 aromatic rings. The average Bonchev–Trinajstić information content (AvgIpc) is 3.00. The zero-order valence-corrected chi connectivity index (χ0v) is 14.7. The first-order chi connectivity index (χ1) is 12.0. The van der Waals surface area contributed by atoms with Crippen molar-refractivity contribution >= 4 is 17.5 Å². The molecule has 26 heavy (non-hydrogen) atoms. The SMILES string of the molecule is CNC(=O)c1cc(C(F)(F)F)ccc1NC(=O)C(C)(C)n1cc(C)cn1. The number of nitrogens with zero attached hydrogens (tertiary/aromatic N) is 2. The third-order valence-electron chi connectivity index (χ3n) is 3.91. The predicted molar refractivity (Wildman–Crippen MR) is 89.7 cm³/mol. The van der Waals surface area contributed by atoms with E-state index in [1.54, 1.807) is 26.2 Å². The van der Waals surface area contributed by atoms with Crippen LogP contribution in [0.25, 0.3) is 0 Å². The Morgan fingerprint density at radius 3 is 2.35 bits per heavy atom. The first-order valence-electron chi connectivity index (χ1n) is 7.73. The van der Waals surface area contributed by atoms with Crippen molar-refractivity contribution in [2.45, 2.75) is 32.5 Å². The van der Waals surface area contributed by atoms with Gasteiger partial charge in [0.25, 0.3) is 11.8 Å². The smallest absolute Gasteiger partial charge is 0.355 e. The topological polar surface area (TPSA) is 76.0 Å². The van der Waals surface area contributed by atoms with E-state index in [2.05, 4.69) is 15.7 Å². The molecule has 0 radical (unpaired) electrons. The molecule has 0 fully saturated rings. The molecule has 0 bridgehead atoms. The lowest BCUT2D eigenvalue weighted by Crippen LogP contribution is -2.41. The van der Waals surface area contributed by atoms with Crippen LogP contribution in [0.5, 0.6) is 0 Å². The number of amides is 2. The first kappa shape index (κ1) is 19.5. The van der Waals surface area contributed by atoms with Crippen LogP contribution in [-0.2, 0) is 16.5 Å². The number of aryl methyl sites for hydroxylation is 1. The second-order valence-corrected chi connectivity index (χ2v) is 6.31. The van der Waals surface area contributed by atoms with E-state index in [0.717, 1.165) is 17.7 Å². The molecule has 2 N–H and O–H groups in total. The summed E-state index contributed by atoms with van der Waals surface area (Å²) < 4.78 is 40.2. The van der Waals surface area contributed by atoms with Crippen LogP contribution in [0.1, 0.15) is 35.3 Å². The summed E-state index contributed by atoms with van der Waals surface area (Å²) in [5.41, 5.74) is -1.53.